The van der Waals surface area contributed by atoms with Crippen LogP contribution >= 0.6 is 0 Å². The van der Waals surface area contributed by atoms with Gasteiger partial charge in [-0.05, 0) is 29.2 Å². The highest BCUT2D eigenvalue weighted by Gasteiger charge is 2.53. The predicted octanol–water partition coefficient (Wildman–Crippen LogP) is 1.24. The number of carboxylic acid groups (broad SMARTS) is 1. The number of nitrogens with one attached hydrogen (secondary N) is 1. The van der Waals surface area contributed by atoms with Gasteiger partial charge < -0.3 is 21.1 Å². The Morgan fingerprint density at radius 3 is 2.68 bits per heavy atom. The molecule has 0 aromatic heterocycles. The SMILES string of the molecule is CC(C)[C@@H]1CN(C2(C(=O)O)Cc3ccc(N)cc3C2)C(=O)N1. The third-order valence-electron chi connectivity index (χ3n) is 4.85. The number of nitrogens with two attached hydrogens (primary N) is 1. The number of amides is 2. The molecular weight excluding hydrogens is 282 g/mol. The molecule has 6 nitrogen and oxygen atoms in total. The van der Waals surface area contributed by atoms with E-state index in [0.29, 0.717) is 25.1 Å². The van der Waals surface area contributed by atoms with E-state index in [9.17, 15) is 14.7 Å². The van der Waals surface area contributed by atoms with Gasteiger partial charge in [0, 0.05) is 25.1 Å². The van der Waals surface area contributed by atoms with Crippen molar-refractivity contribution in [3.63, 3.8) is 0 Å². The number of carbonyl (C=O) groups is 2. The van der Waals surface area contributed by atoms with Crippen LogP contribution in [0.3, 0.4) is 0 Å². The number of urea groups is 1. The molecule has 1 aliphatic heterocycles. The van der Waals surface area contributed by atoms with Crippen LogP contribution in [-0.4, -0.2) is 40.1 Å². The van der Waals surface area contributed by atoms with E-state index in [1.54, 1.807) is 6.07 Å². The molecule has 4 N–H and O–H groups in total. The van der Waals surface area contributed by atoms with Gasteiger partial charge in [-0.15, -0.1) is 0 Å². The van der Waals surface area contributed by atoms with E-state index < -0.39 is 11.5 Å². The van der Waals surface area contributed by atoms with Gasteiger partial charge in [0.2, 0.25) is 0 Å². The van der Waals surface area contributed by atoms with Gasteiger partial charge in [0.15, 0.2) is 0 Å². The molecule has 1 aliphatic carbocycles. The number of carbonyl (C=O) groups excluding carboxylic acids is 1. The van der Waals surface area contributed by atoms with E-state index in [0.717, 1.165) is 11.1 Å². The Morgan fingerprint density at radius 2 is 2.09 bits per heavy atom. The molecule has 0 bridgehead atoms. The van der Waals surface area contributed by atoms with E-state index in [-0.39, 0.29) is 18.0 Å². The second-order valence-corrected chi connectivity index (χ2v) is 6.63. The van der Waals surface area contributed by atoms with Gasteiger partial charge in [0.05, 0.1) is 6.04 Å². The minimum Gasteiger partial charge on any atom is -0.479 e. The number of hydrogen-bond acceptors (Lipinski definition) is 3. The van der Waals surface area contributed by atoms with Crippen LogP contribution in [0.15, 0.2) is 18.2 Å². The van der Waals surface area contributed by atoms with E-state index in [4.69, 9.17) is 5.73 Å². The highest BCUT2D eigenvalue weighted by atomic mass is 16.4. The molecule has 1 aromatic rings. The Labute approximate surface area is 129 Å². The number of carboxylic acids is 1. The number of aliphatic carboxylic acids is 1. The van der Waals surface area contributed by atoms with Gasteiger partial charge in [-0.25, -0.2) is 9.59 Å². The normalized spacial score (nSPS) is 27.1. The zero-order valence-corrected chi connectivity index (χ0v) is 12.8. The Hall–Kier alpha value is -2.24. The monoisotopic (exact) mass is 303 g/mol. The average molecular weight is 303 g/mol. The molecule has 1 fully saturated rings. The molecule has 0 saturated carbocycles. The van der Waals surface area contributed by atoms with Crippen molar-refractivity contribution in [2.75, 3.05) is 12.3 Å². The van der Waals surface area contributed by atoms with Crippen LogP contribution in [-0.2, 0) is 17.6 Å². The van der Waals surface area contributed by atoms with Crippen LogP contribution in [0.4, 0.5) is 10.5 Å². The van der Waals surface area contributed by atoms with Crippen molar-refractivity contribution in [3.8, 4) is 0 Å². The minimum atomic E-state index is -1.20. The second-order valence-electron chi connectivity index (χ2n) is 6.63. The topological polar surface area (TPSA) is 95.7 Å². The number of nitrogen functional groups attached to an aromatic ring is 1. The molecule has 2 amide bonds. The average Bonchev–Trinajstić information content (AvgIpc) is 2.99. The number of anilines is 1. The number of hydrogen-bond donors (Lipinski definition) is 3. The standard InChI is InChI=1S/C16H21N3O3/c1-9(2)13-8-19(15(22)18-13)16(14(20)21)6-10-3-4-12(17)5-11(10)7-16/h3-5,9,13H,6-8,17H2,1-2H3,(H,18,22)(H,20,21)/t13-,16?/m0/s1. The van der Waals surface area contributed by atoms with Gasteiger partial charge in [0.1, 0.15) is 5.54 Å². The molecule has 6 heteroatoms. The van der Waals surface area contributed by atoms with Crippen molar-refractivity contribution >= 4 is 17.7 Å². The maximum absolute atomic E-state index is 12.3. The molecule has 0 spiro atoms. The van der Waals surface area contributed by atoms with Gasteiger partial charge in [0.25, 0.3) is 0 Å². The summed E-state index contributed by atoms with van der Waals surface area (Å²) in [6.07, 6.45) is 0.636. The molecule has 2 atom stereocenters. The number of nitrogens with zero attached hydrogens (tertiary/aromatic N) is 1. The van der Waals surface area contributed by atoms with Gasteiger partial charge in [-0.1, -0.05) is 19.9 Å². The lowest BCUT2D eigenvalue weighted by molar-refractivity contribution is -0.148. The largest absolute Gasteiger partial charge is 0.479 e. The third-order valence-corrected chi connectivity index (χ3v) is 4.85. The maximum atomic E-state index is 12.3. The molecule has 1 saturated heterocycles. The predicted molar refractivity (Wildman–Crippen MR) is 82.5 cm³/mol. The van der Waals surface area contributed by atoms with Crippen molar-refractivity contribution in [1.29, 1.82) is 0 Å². The van der Waals surface area contributed by atoms with Crippen molar-refractivity contribution in [3.05, 3.63) is 29.3 Å². The summed E-state index contributed by atoms with van der Waals surface area (Å²) in [6.45, 7) is 4.46. The first-order chi connectivity index (χ1) is 10.3. The van der Waals surface area contributed by atoms with Crippen LogP contribution in [0.1, 0.15) is 25.0 Å². The van der Waals surface area contributed by atoms with E-state index >= 15 is 0 Å². The molecule has 2 aliphatic rings. The first-order valence-electron chi connectivity index (χ1n) is 7.52. The molecule has 1 aromatic carbocycles. The van der Waals surface area contributed by atoms with Crippen LogP contribution < -0.4 is 11.1 Å². The molecule has 1 unspecified atom stereocenters. The molecule has 3 rings (SSSR count). The first kappa shape index (κ1) is 14.7. The zero-order chi connectivity index (χ0) is 16.1. The van der Waals surface area contributed by atoms with Crippen LogP contribution in [0.5, 0.6) is 0 Å². The summed E-state index contributed by atoms with van der Waals surface area (Å²) in [6, 6.07) is 5.15. The summed E-state index contributed by atoms with van der Waals surface area (Å²) < 4.78 is 0. The summed E-state index contributed by atoms with van der Waals surface area (Å²) in [5.74, 6) is -0.693. The zero-order valence-electron chi connectivity index (χ0n) is 12.8. The van der Waals surface area contributed by atoms with Crippen LogP contribution in [0, 0.1) is 5.92 Å². The number of rotatable bonds is 3. The minimum absolute atomic E-state index is 0.0162. The Balaban J connectivity index is 1.96. The fourth-order valence-electron chi connectivity index (χ4n) is 3.44. The summed E-state index contributed by atoms with van der Waals surface area (Å²) in [5.41, 5.74) is 7.09. The summed E-state index contributed by atoms with van der Waals surface area (Å²) in [4.78, 5) is 25.9. The number of fused-ring (bicyclic) bond motifs is 1. The lowest BCUT2D eigenvalue weighted by Crippen LogP contribution is -2.56. The Kier molecular flexibility index (Phi) is 3.27. The summed E-state index contributed by atoms with van der Waals surface area (Å²) in [7, 11) is 0. The third kappa shape index (κ3) is 2.10. The fourth-order valence-corrected chi connectivity index (χ4v) is 3.44. The maximum Gasteiger partial charge on any atom is 0.330 e. The first-order valence-corrected chi connectivity index (χ1v) is 7.52. The van der Waals surface area contributed by atoms with Crippen molar-refractivity contribution in [1.82, 2.24) is 10.2 Å². The van der Waals surface area contributed by atoms with Gasteiger partial charge in [-0.3, -0.25) is 0 Å². The summed E-state index contributed by atoms with van der Waals surface area (Å²) >= 11 is 0. The molecule has 118 valence electrons. The highest BCUT2D eigenvalue weighted by Crippen LogP contribution is 2.37. The second kappa shape index (κ2) is 4.90. The van der Waals surface area contributed by atoms with Gasteiger partial charge in [-0.2, -0.15) is 0 Å². The van der Waals surface area contributed by atoms with E-state index in [1.165, 1.54) is 4.90 Å². The molecule has 0 radical (unpaired) electrons. The number of benzene rings is 1. The van der Waals surface area contributed by atoms with E-state index in [1.807, 2.05) is 26.0 Å². The summed E-state index contributed by atoms with van der Waals surface area (Å²) in [5, 5.41) is 12.8. The quantitative estimate of drug-likeness (QED) is 0.732. The van der Waals surface area contributed by atoms with Gasteiger partial charge >= 0.3 is 12.0 Å². The van der Waals surface area contributed by atoms with Crippen LogP contribution in [0.25, 0.3) is 0 Å². The highest BCUT2D eigenvalue weighted by molar-refractivity contribution is 5.89. The van der Waals surface area contributed by atoms with Crippen molar-refractivity contribution < 1.29 is 14.7 Å². The molecule has 1 heterocycles. The Morgan fingerprint density at radius 1 is 1.41 bits per heavy atom. The molecule has 22 heavy (non-hydrogen) atoms. The smallest absolute Gasteiger partial charge is 0.330 e. The molecular formula is C16H21N3O3. The lowest BCUT2D eigenvalue weighted by Gasteiger charge is -2.34. The van der Waals surface area contributed by atoms with Crippen molar-refractivity contribution in [2.45, 2.75) is 38.3 Å². The lowest BCUT2D eigenvalue weighted by atomic mass is 9.93. The van der Waals surface area contributed by atoms with E-state index in [2.05, 4.69) is 5.32 Å². The Bertz CT molecular complexity index is 644. The van der Waals surface area contributed by atoms with Crippen LogP contribution in [0.2, 0.25) is 0 Å². The van der Waals surface area contributed by atoms with Crippen molar-refractivity contribution in [2.24, 2.45) is 5.92 Å². The fraction of sp³-hybridized carbons (Fsp3) is 0.500.